The molecule has 0 atom stereocenters. The number of nitrogens with zero attached hydrogens (tertiary/aromatic N) is 1. The minimum absolute atomic E-state index is 0.209. The molecule has 0 aliphatic heterocycles. The second-order valence-electron chi connectivity index (χ2n) is 4.48. The third kappa shape index (κ3) is 2.89. The summed E-state index contributed by atoms with van der Waals surface area (Å²) in [6.07, 6.45) is -4.34. The van der Waals surface area contributed by atoms with Crippen molar-refractivity contribution in [2.24, 2.45) is 0 Å². The monoisotopic (exact) mass is 265 g/mol. The van der Waals surface area contributed by atoms with Crippen molar-refractivity contribution in [3.8, 4) is 11.1 Å². The summed E-state index contributed by atoms with van der Waals surface area (Å²) < 4.78 is 38.8. The van der Waals surface area contributed by atoms with Crippen LogP contribution in [0.1, 0.15) is 5.56 Å². The summed E-state index contributed by atoms with van der Waals surface area (Å²) in [5.74, 6) is 0. The van der Waals surface area contributed by atoms with Crippen LogP contribution in [0.5, 0.6) is 0 Å². The van der Waals surface area contributed by atoms with E-state index in [9.17, 15) is 13.2 Å². The Kier molecular flexibility index (Phi) is 3.51. The lowest BCUT2D eigenvalue weighted by Crippen LogP contribution is -2.08. The summed E-state index contributed by atoms with van der Waals surface area (Å²) in [7, 11) is 3.78. The van der Waals surface area contributed by atoms with E-state index in [1.165, 1.54) is 12.1 Å². The van der Waals surface area contributed by atoms with Crippen molar-refractivity contribution in [1.82, 2.24) is 0 Å². The minimum atomic E-state index is -4.34. The van der Waals surface area contributed by atoms with E-state index in [-0.39, 0.29) is 5.56 Å². The Balaban J connectivity index is 2.48. The molecule has 2 rings (SSSR count). The van der Waals surface area contributed by atoms with Gasteiger partial charge in [-0.05, 0) is 29.3 Å². The van der Waals surface area contributed by atoms with Gasteiger partial charge in [0.1, 0.15) is 0 Å². The maximum Gasteiger partial charge on any atom is 0.417 e. The fourth-order valence-electron chi connectivity index (χ4n) is 1.92. The van der Waals surface area contributed by atoms with E-state index in [2.05, 4.69) is 0 Å². The molecule has 2 aromatic rings. The van der Waals surface area contributed by atoms with Gasteiger partial charge in [0.25, 0.3) is 0 Å². The third-order valence-electron chi connectivity index (χ3n) is 2.93. The Morgan fingerprint density at radius 3 is 1.95 bits per heavy atom. The van der Waals surface area contributed by atoms with Gasteiger partial charge in [0.2, 0.25) is 0 Å². The van der Waals surface area contributed by atoms with Crippen molar-refractivity contribution in [1.29, 1.82) is 0 Å². The zero-order valence-corrected chi connectivity index (χ0v) is 10.7. The van der Waals surface area contributed by atoms with Crippen molar-refractivity contribution in [3.63, 3.8) is 0 Å². The quantitative estimate of drug-likeness (QED) is 0.776. The molecule has 0 fully saturated rings. The van der Waals surface area contributed by atoms with Gasteiger partial charge in [-0.15, -0.1) is 0 Å². The molecule has 19 heavy (non-hydrogen) atoms. The average molecular weight is 265 g/mol. The van der Waals surface area contributed by atoms with Gasteiger partial charge >= 0.3 is 6.18 Å². The molecule has 0 radical (unpaired) electrons. The molecule has 0 saturated carbocycles. The number of benzene rings is 2. The Morgan fingerprint density at radius 1 is 0.842 bits per heavy atom. The van der Waals surface area contributed by atoms with E-state index in [4.69, 9.17) is 0 Å². The van der Waals surface area contributed by atoms with Gasteiger partial charge in [0.05, 0.1) is 5.56 Å². The van der Waals surface area contributed by atoms with Crippen molar-refractivity contribution >= 4 is 5.69 Å². The van der Waals surface area contributed by atoms with Crippen LogP contribution in [0.15, 0.2) is 48.5 Å². The van der Waals surface area contributed by atoms with E-state index in [0.717, 1.165) is 11.8 Å². The predicted molar refractivity (Wildman–Crippen MR) is 71.2 cm³/mol. The zero-order valence-electron chi connectivity index (χ0n) is 10.7. The fourth-order valence-corrected chi connectivity index (χ4v) is 1.92. The molecule has 0 aliphatic rings. The van der Waals surface area contributed by atoms with Crippen molar-refractivity contribution < 1.29 is 13.2 Å². The molecule has 0 spiro atoms. The van der Waals surface area contributed by atoms with E-state index in [1.54, 1.807) is 18.2 Å². The first-order valence-corrected chi connectivity index (χ1v) is 5.83. The molecule has 0 bridgehead atoms. The smallest absolute Gasteiger partial charge is 0.378 e. The Bertz CT molecular complexity index is 556. The number of anilines is 1. The summed E-state index contributed by atoms with van der Waals surface area (Å²) in [5.41, 5.74) is 1.12. The molecule has 0 unspecified atom stereocenters. The van der Waals surface area contributed by atoms with Gasteiger partial charge in [-0.1, -0.05) is 30.3 Å². The maximum atomic E-state index is 12.9. The van der Waals surface area contributed by atoms with E-state index in [0.29, 0.717) is 5.56 Å². The molecule has 0 N–H and O–H groups in total. The maximum absolute atomic E-state index is 12.9. The largest absolute Gasteiger partial charge is 0.417 e. The third-order valence-corrected chi connectivity index (χ3v) is 2.93. The molecule has 2 aromatic carbocycles. The van der Waals surface area contributed by atoms with Gasteiger partial charge in [0.15, 0.2) is 0 Å². The summed E-state index contributed by atoms with van der Waals surface area (Å²) in [5, 5.41) is 0. The molecule has 0 saturated heterocycles. The number of hydrogen-bond donors (Lipinski definition) is 0. The van der Waals surface area contributed by atoms with Crippen LogP contribution in [-0.4, -0.2) is 14.1 Å². The molecule has 0 aliphatic carbocycles. The number of halogens is 3. The van der Waals surface area contributed by atoms with Crippen LogP contribution in [0.2, 0.25) is 0 Å². The van der Waals surface area contributed by atoms with Crippen LogP contribution < -0.4 is 4.90 Å². The molecule has 0 heterocycles. The highest BCUT2D eigenvalue weighted by Crippen LogP contribution is 2.37. The van der Waals surface area contributed by atoms with Gasteiger partial charge in [0, 0.05) is 19.8 Å². The van der Waals surface area contributed by atoms with Gasteiger partial charge in [-0.3, -0.25) is 0 Å². The summed E-state index contributed by atoms with van der Waals surface area (Å²) in [4.78, 5) is 1.90. The average Bonchev–Trinajstić information content (AvgIpc) is 2.38. The lowest BCUT2D eigenvalue weighted by atomic mass is 9.99. The molecule has 100 valence electrons. The summed E-state index contributed by atoms with van der Waals surface area (Å²) >= 11 is 0. The SMILES string of the molecule is CN(C)c1ccc(-c2ccccc2C(F)(F)F)cc1. The lowest BCUT2D eigenvalue weighted by Gasteiger charge is -2.15. The van der Waals surface area contributed by atoms with Crippen molar-refractivity contribution in [2.75, 3.05) is 19.0 Å². The van der Waals surface area contributed by atoms with Crippen molar-refractivity contribution in [2.45, 2.75) is 6.18 Å². The first-order chi connectivity index (χ1) is 8.89. The van der Waals surface area contributed by atoms with Crippen LogP contribution >= 0.6 is 0 Å². The first kappa shape index (κ1) is 13.5. The van der Waals surface area contributed by atoms with Gasteiger partial charge in [-0.25, -0.2) is 0 Å². The Hall–Kier alpha value is -1.97. The van der Waals surface area contributed by atoms with Crippen LogP contribution in [0.3, 0.4) is 0 Å². The molecule has 0 aromatic heterocycles. The second-order valence-corrected chi connectivity index (χ2v) is 4.48. The van der Waals surface area contributed by atoms with E-state index >= 15 is 0 Å². The first-order valence-electron chi connectivity index (χ1n) is 5.83. The highest BCUT2D eigenvalue weighted by Gasteiger charge is 2.33. The highest BCUT2D eigenvalue weighted by atomic mass is 19.4. The second kappa shape index (κ2) is 4.96. The zero-order chi connectivity index (χ0) is 14.0. The Labute approximate surface area is 110 Å². The topological polar surface area (TPSA) is 3.24 Å². The van der Waals surface area contributed by atoms with Crippen LogP contribution in [0, 0.1) is 0 Å². The fraction of sp³-hybridized carbons (Fsp3) is 0.200. The highest BCUT2D eigenvalue weighted by molar-refractivity contribution is 5.70. The number of hydrogen-bond acceptors (Lipinski definition) is 1. The number of alkyl halides is 3. The molecular formula is C15H14F3N. The van der Waals surface area contributed by atoms with E-state index < -0.39 is 11.7 Å². The number of rotatable bonds is 2. The Morgan fingerprint density at radius 2 is 1.42 bits per heavy atom. The van der Waals surface area contributed by atoms with Crippen LogP contribution in [0.25, 0.3) is 11.1 Å². The standard InChI is InChI=1S/C15H14F3N/c1-19(2)12-9-7-11(8-10-12)13-5-3-4-6-14(13)15(16,17)18/h3-10H,1-2H3. The summed E-state index contributed by atoms with van der Waals surface area (Å²) in [6.45, 7) is 0. The molecule has 1 nitrogen and oxygen atoms in total. The summed E-state index contributed by atoms with van der Waals surface area (Å²) in [6, 6.07) is 12.7. The minimum Gasteiger partial charge on any atom is -0.378 e. The predicted octanol–water partition coefficient (Wildman–Crippen LogP) is 4.44. The molecule has 4 heteroatoms. The van der Waals surface area contributed by atoms with E-state index in [1.807, 2.05) is 31.1 Å². The van der Waals surface area contributed by atoms with Crippen LogP contribution in [0.4, 0.5) is 18.9 Å². The molecular weight excluding hydrogens is 251 g/mol. The molecule has 0 amide bonds. The lowest BCUT2D eigenvalue weighted by molar-refractivity contribution is -0.137. The normalized spacial score (nSPS) is 11.4. The van der Waals surface area contributed by atoms with Gasteiger partial charge in [-0.2, -0.15) is 13.2 Å². The van der Waals surface area contributed by atoms with Crippen LogP contribution in [-0.2, 0) is 6.18 Å². The van der Waals surface area contributed by atoms with Crippen molar-refractivity contribution in [3.05, 3.63) is 54.1 Å². The van der Waals surface area contributed by atoms with Gasteiger partial charge < -0.3 is 4.90 Å².